The number of carbonyl (C=O) groups is 1. The second kappa shape index (κ2) is 8.34. The Bertz CT molecular complexity index is 796. The Morgan fingerprint density at radius 3 is 2.38 bits per heavy atom. The fraction of sp³-hybridized carbons (Fsp3) is 0. The van der Waals surface area contributed by atoms with E-state index in [0.29, 0.717) is 0 Å². The molecule has 0 spiro atoms. The summed E-state index contributed by atoms with van der Waals surface area (Å²) >= 11 is 0.746. The Morgan fingerprint density at radius 2 is 1.88 bits per heavy atom. The van der Waals surface area contributed by atoms with Crippen LogP contribution < -0.4 is 5.32 Å². The highest BCUT2D eigenvalue weighted by atomic mass is 32.1. The number of para-hydroxylation sites is 1. The summed E-state index contributed by atoms with van der Waals surface area (Å²) in [5, 5.41) is 22.2. The number of pyridine rings is 1. The van der Waals surface area contributed by atoms with E-state index < -0.39 is 10.8 Å². The fourth-order valence-electron chi connectivity index (χ4n) is 1.55. The Kier molecular flexibility index (Phi) is 5.92. The minimum atomic E-state index is -0.590. The van der Waals surface area contributed by atoms with Crippen LogP contribution >= 0.6 is 11.3 Å². The Labute approximate surface area is 140 Å². The molecular weight excluding hydrogens is 332 g/mol. The molecule has 0 aliphatic rings. The standard InChI is InChI=1S/C10H7N3O4S.C5H5N/c14-7-4-2-1-3-6(7)9(15)12-10-11-5-8(18-10)13(16)17;1-2-4-6-5-3-1/h1-5,14H,(H,11,12,15);1-5H. The molecule has 0 unspecified atom stereocenters. The summed E-state index contributed by atoms with van der Waals surface area (Å²) in [7, 11) is 0. The van der Waals surface area contributed by atoms with Gasteiger partial charge in [0.2, 0.25) is 0 Å². The molecule has 122 valence electrons. The molecule has 3 rings (SSSR count). The normalized spacial score (nSPS) is 9.50. The van der Waals surface area contributed by atoms with Crippen LogP contribution in [0, 0.1) is 10.1 Å². The van der Waals surface area contributed by atoms with Gasteiger partial charge in [-0.1, -0.05) is 18.2 Å². The van der Waals surface area contributed by atoms with E-state index in [2.05, 4.69) is 15.3 Å². The number of nitro groups is 1. The highest BCUT2D eigenvalue weighted by Crippen LogP contribution is 2.26. The molecule has 0 atom stereocenters. The van der Waals surface area contributed by atoms with Crippen LogP contribution in [0.4, 0.5) is 10.1 Å². The van der Waals surface area contributed by atoms with Crippen molar-refractivity contribution in [1.29, 1.82) is 0 Å². The molecule has 0 aliphatic heterocycles. The Balaban J connectivity index is 0.000000292. The van der Waals surface area contributed by atoms with Gasteiger partial charge in [0, 0.05) is 12.4 Å². The van der Waals surface area contributed by atoms with Crippen molar-refractivity contribution in [2.75, 3.05) is 5.32 Å². The molecule has 1 amide bonds. The van der Waals surface area contributed by atoms with Crippen molar-refractivity contribution in [2.45, 2.75) is 0 Å². The van der Waals surface area contributed by atoms with E-state index in [9.17, 15) is 20.0 Å². The first-order chi connectivity index (χ1) is 11.6. The molecule has 0 saturated heterocycles. The number of thiazole rings is 1. The van der Waals surface area contributed by atoms with Gasteiger partial charge in [-0.25, -0.2) is 4.98 Å². The van der Waals surface area contributed by atoms with Crippen molar-refractivity contribution >= 4 is 27.4 Å². The van der Waals surface area contributed by atoms with Crippen LogP contribution in [-0.2, 0) is 0 Å². The quantitative estimate of drug-likeness (QED) is 0.557. The molecule has 3 aromatic rings. The van der Waals surface area contributed by atoms with Crippen molar-refractivity contribution in [2.24, 2.45) is 0 Å². The van der Waals surface area contributed by atoms with Crippen LogP contribution in [0.5, 0.6) is 5.75 Å². The predicted octanol–water partition coefficient (Wildman–Crippen LogP) is 3.09. The number of carbonyl (C=O) groups excluding carboxylic acids is 1. The molecule has 2 N–H and O–H groups in total. The summed E-state index contributed by atoms with van der Waals surface area (Å²) in [6.07, 6.45) is 4.56. The van der Waals surface area contributed by atoms with Crippen LogP contribution in [0.1, 0.15) is 10.4 Å². The number of hydrogen-bond acceptors (Lipinski definition) is 7. The van der Waals surface area contributed by atoms with Gasteiger partial charge in [-0.05, 0) is 35.6 Å². The number of nitrogens with zero attached hydrogens (tertiary/aromatic N) is 3. The van der Waals surface area contributed by atoms with Gasteiger partial charge in [0.05, 0.1) is 10.5 Å². The van der Waals surface area contributed by atoms with E-state index in [0.717, 1.165) is 17.5 Å². The summed E-state index contributed by atoms with van der Waals surface area (Å²) in [5.74, 6) is -0.738. The van der Waals surface area contributed by atoms with Gasteiger partial charge in [0.15, 0.2) is 5.13 Å². The van der Waals surface area contributed by atoms with Crippen molar-refractivity contribution in [3.8, 4) is 5.75 Å². The predicted molar refractivity (Wildman–Crippen MR) is 89.1 cm³/mol. The number of aromatic hydroxyl groups is 1. The fourth-order valence-corrected chi connectivity index (χ4v) is 2.18. The molecule has 0 fully saturated rings. The summed E-state index contributed by atoms with van der Waals surface area (Å²) in [5.41, 5.74) is 0.0790. The molecule has 9 heteroatoms. The van der Waals surface area contributed by atoms with Crippen LogP contribution in [0.3, 0.4) is 0 Å². The van der Waals surface area contributed by atoms with Gasteiger partial charge in [-0.3, -0.25) is 25.2 Å². The minimum Gasteiger partial charge on any atom is -0.507 e. The number of amides is 1. The van der Waals surface area contributed by atoms with E-state index >= 15 is 0 Å². The van der Waals surface area contributed by atoms with E-state index in [4.69, 9.17) is 0 Å². The average Bonchev–Trinajstić information content (AvgIpc) is 3.06. The summed E-state index contributed by atoms with van der Waals surface area (Å²) in [4.78, 5) is 29.1. The number of phenolic OH excluding ortho intramolecular Hbond substituents is 1. The number of phenols is 1. The third-order valence-electron chi connectivity index (χ3n) is 2.61. The van der Waals surface area contributed by atoms with E-state index in [1.54, 1.807) is 24.5 Å². The molecule has 1 aromatic carbocycles. The summed E-state index contributed by atoms with van der Waals surface area (Å²) in [6.45, 7) is 0. The van der Waals surface area contributed by atoms with Crippen LogP contribution in [0.25, 0.3) is 0 Å². The topological polar surface area (TPSA) is 118 Å². The van der Waals surface area contributed by atoms with E-state index in [1.165, 1.54) is 12.1 Å². The molecule has 24 heavy (non-hydrogen) atoms. The molecule has 0 bridgehead atoms. The molecule has 0 saturated carbocycles. The maximum atomic E-state index is 11.7. The zero-order chi connectivity index (χ0) is 17.4. The van der Waals surface area contributed by atoms with Crippen LogP contribution in [-0.4, -0.2) is 25.9 Å². The Morgan fingerprint density at radius 1 is 1.17 bits per heavy atom. The highest BCUT2D eigenvalue weighted by Gasteiger charge is 2.15. The third kappa shape index (κ3) is 4.85. The summed E-state index contributed by atoms with van der Waals surface area (Å²) < 4.78 is 0. The van der Waals surface area contributed by atoms with Gasteiger partial charge in [0.1, 0.15) is 11.9 Å². The summed E-state index contributed by atoms with van der Waals surface area (Å²) in [6, 6.07) is 11.7. The van der Waals surface area contributed by atoms with Gasteiger partial charge in [0.25, 0.3) is 5.91 Å². The van der Waals surface area contributed by atoms with E-state index in [1.807, 2.05) is 18.2 Å². The number of benzene rings is 1. The SMILES string of the molecule is O=C(Nc1ncc([N+](=O)[O-])s1)c1ccccc1O.c1ccncc1. The zero-order valence-electron chi connectivity index (χ0n) is 12.2. The molecule has 2 heterocycles. The number of nitrogens with one attached hydrogen (secondary N) is 1. The first kappa shape index (κ1) is 17.0. The van der Waals surface area contributed by atoms with Gasteiger partial charge < -0.3 is 5.11 Å². The molecule has 2 aromatic heterocycles. The molecule has 8 nitrogen and oxygen atoms in total. The molecule has 0 radical (unpaired) electrons. The lowest BCUT2D eigenvalue weighted by Crippen LogP contribution is -2.11. The largest absolute Gasteiger partial charge is 0.507 e. The average molecular weight is 344 g/mol. The number of hydrogen-bond donors (Lipinski definition) is 2. The lowest BCUT2D eigenvalue weighted by atomic mass is 10.2. The highest BCUT2D eigenvalue weighted by molar-refractivity contribution is 7.18. The van der Waals surface area contributed by atoms with Crippen molar-refractivity contribution in [1.82, 2.24) is 9.97 Å². The maximum Gasteiger partial charge on any atom is 0.345 e. The van der Waals surface area contributed by atoms with Crippen molar-refractivity contribution < 1.29 is 14.8 Å². The first-order valence-electron chi connectivity index (χ1n) is 6.62. The zero-order valence-corrected chi connectivity index (χ0v) is 13.0. The number of rotatable bonds is 3. The van der Waals surface area contributed by atoms with Gasteiger partial charge in [-0.2, -0.15) is 0 Å². The molecular formula is C15H12N4O4S. The van der Waals surface area contributed by atoms with Gasteiger partial charge >= 0.3 is 5.00 Å². The van der Waals surface area contributed by atoms with Crippen molar-refractivity contribution in [3.63, 3.8) is 0 Å². The number of aromatic nitrogens is 2. The maximum absolute atomic E-state index is 11.7. The monoisotopic (exact) mass is 344 g/mol. The minimum absolute atomic E-state index is 0.0790. The van der Waals surface area contributed by atoms with E-state index in [-0.39, 0.29) is 21.4 Å². The van der Waals surface area contributed by atoms with Gasteiger partial charge in [-0.15, -0.1) is 0 Å². The molecule has 0 aliphatic carbocycles. The lowest BCUT2D eigenvalue weighted by Gasteiger charge is -2.02. The number of anilines is 1. The van der Waals surface area contributed by atoms with Crippen LogP contribution in [0.15, 0.2) is 61.1 Å². The van der Waals surface area contributed by atoms with Crippen molar-refractivity contribution in [3.05, 3.63) is 76.7 Å². The smallest absolute Gasteiger partial charge is 0.345 e. The third-order valence-corrected chi connectivity index (χ3v) is 3.47. The second-order valence-electron chi connectivity index (χ2n) is 4.26. The first-order valence-corrected chi connectivity index (χ1v) is 7.44. The lowest BCUT2D eigenvalue weighted by molar-refractivity contribution is -0.380. The Hall–Kier alpha value is -3.33. The second-order valence-corrected chi connectivity index (χ2v) is 5.27. The van der Waals surface area contributed by atoms with Crippen LogP contribution in [0.2, 0.25) is 0 Å².